The highest BCUT2D eigenvalue weighted by Gasteiger charge is 2.24. The van der Waals surface area contributed by atoms with E-state index in [2.05, 4.69) is 20.6 Å². The summed E-state index contributed by atoms with van der Waals surface area (Å²) in [5, 5.41) is 18.8. The third-order valence-electron chi connectivity index (χ3n) is 3.71. The Bertz CT molecular complexity index is 1010. The lowest BCUT2D eigenvalue weighted by Crippen LogP contribution is -2.06. The van der Waals surface area contributed by atoms with Crippen molar-refractivity contribution >= 4 is 63.5 Å². The van der Waals surface area contributed by atoms with Crippen LogP contribution in [0.5, 0.6) is 0 Å². The maximum atomic E-state index is 11.7. The highest BCUT2D eigenvalue weighted by atomic mass is 35.5. The van der Waals surface area contributed by atoms with Crippen molar-refractivity contribution in [3.05, 3.63) is 73.5 Å². The van der Waals surface area contributed by atoms with Crippen LogP contribution in [0.1, 0.15) is 5.56 Å². The Morgan fingerprint density at radius 2 is 1.63 bits per heavy atom. The molecule has 0 aliphatic heterocycles. The number of anilines is 4. The van der Waals surface area contributed by atoms with Crippen molar-refractivity contribution in [1.29, 1.82) is 0 Å². The Hall–Kier alpha value is -2.61. The zero-order chi connectivity index (χ0) is 19.6. The molecule has 10 heteroatoms. The van der Waals surface area contributed by atoms with Gasteiger partial charge in [0.05, 0.1) is 15.6 Å². The van der Waals surface area contributed by atoms with Crippen molar-refractivity contribution in [3.63, 3.8) is 0 Å². The van der Waals surface area contributed by atoms with Gasteiger partial charge in [-0.2, -0.15) is 0 Å². The maximum absolute atomic E-state index is 11.7. The van der Waals surface area contributed by atoms with Crippen molar-refractivity contribution in [2.75, 3.05) is 10.6 Å². The molecule has 0 saturated carbocycles. The number of nitrogens with zero attached hydrogens (tertiary/aromatic N) is 3. The molecule has 0 saturated heterocycles. The van der Waals surface area contributed by atoms with Crippen molar-refractivity contribution in [2.45, 2.75) is 6.92 Å². The molecular weight excluding hydrogens is 413 g/mol. The van der Waals surface area contributed by atoms with E-state index < -0.39 is 4.92 Å². The van der Waals surface area contributed by atoms with Crippen LogP contribution in [0.25, 0.3) is 0 Å². The molecule has 1 heterocycles. The molecule has 0 atom stereocenters. The van der Waals surface area contributed by atoms with Gasteiger partial charge in [-0.25, -0.2) is 9.97 Å². The molecule has 0 spiro atoms. The highest BCUT2D eigenvalue weighted by molar-refractivity contribution is 6.35. The number of hydrogen-bond acceptors (Lipinski definition) is 6. The van der Waals surface area contributed by atoms with Crippen molar-refractivity contribution in [2.24, 2.45) is 0 Å². The van der Waals surface area contributed by atoms with E-state index in [1.807, 2.05) is 0 Å². The SMILES string of the molecule is Cc1c(Cl)cccc1Nc1ncnc(Nc2cc(Cl)ccc2Cl)c1[N+](=O)[O-]. The molecule has 3 rings (SSSR count). The minimum Gasteiger partial charge on any atom is -0.334 e. The lowest BCUT2D eigenvalue weighted by Gasteiger charge is -2.13. The predicted molar refractivity (Wildman–Crippen MR) is 108 cm³/mol. The van der Waals surface area contributed by atoms with Crippen LogP contribution in [0.15, 0.2) is 42.7 Å². The van der Waals surface area contributed by atoms with Crippen LogP contribution in [0.3, 0.4) is 0 Å². The third kappa shape index (κ3) is 4.21. The minimum absolute atomic E-state index is 0.0148. The van der Waals surface area contributed by atoms with Crippen molar-refractivity contribution in [1.82, 2.24) is 9.97 Å². The second kappa shape index (κ2) is 7.96. The molecule has 0 fully saturated rings. The van der Waals surface area contributed by atoms with E-state index in [-0.39, 0.29) is 17.3 Å². The van der Waals surface area contributed by atoms with Crippen LogP contribution < -0.4 is 10.6 Å². The topological polar surface area (TPSA) is 93.0 Å². The first kappa shape index (κ1) is 19.2. The average Bonchev–Trinajstić information content (AvgIpc) is 2.62. The fourth-order valence-corrected chi connectivity index (χ4v) is 2.84. The van der Waals surface area contributed by atoms with Gasteiger partial charge in [0.15, 0.2) is 0 Å². The lowest BCUT2D eigenvalue weighted by atomic mass is 10.2. The van der Waals surface area contributed by atoms with Crippen LogP contribution in [0, 0.1) is 17.0 Å². The van der Waals surface area contributed by atoms with Crippen LogP contribution in [-0.4, -0.2) is 14.9 Å². The van der Waals surface area contributed by atoms with Crippen molar-refractivity contribution < 1.29 is 4.92 Å². The molecule has 0 radical (unpaired) electrons. The first-order valence-electron chi connectivity index (χ1n) is 7.60. The molecule has 0 amide bonds. The Morgan fingerprint density at radius 1 is 0.963 bits per heavy atom. The molecule has 0 aliphatic rings. The van der Waals surface area contributed by atoms with E-state index in [0.29, 0.717) is 26.4 Å². The molecule has 27 heavy (non-hydrogen) atoms. The van der Waals surface area contributed by atoms with E-state index in [0.717, 1.165) is 5.56 Å². The molecule has 1 aromatic heterocycles. The van der Waals surface area contributed by atoms with Gasteiger partial charge in [0, 0.05) is 15.7 Å². The molecule has 3 aromatic rings. The van der Waals surface area contributed by atoms with Gasteiger partial charge >= 0.3 is 5.69 Å². The molecule has 0 bridgehead atoms. The normalized spacial score (nSPS) is 10.5. The summed E-state index contributed by atoms with van der Waals surface area (Å²) in [5.41, 5.74) is 1.37. The standard InChI is InChI=1S/C17H12Cl3N5O2/c1-9-11(19)3-2-4-13(9)23-16-15(25(26)27)17(22-8-21-16)24-14-7-10(18)5-6-12(14)20/h2-8H,1H3,(H2,21,22,23,24). The Kier molecular flexibility index (Phi) is 5.65. The number of nitrogens with one attached hydrogen (secondary N) is 2. The summed E-state index contributed by atoms with van der Waals surface area (Å²) < 4.78 is 0. The Balaban J connectivity index is 2.04. The summed E-state index contributed by atoms with van der Waals surface area (Å²) in [4.78, 5) is 19.1. The quantitative estimate of drug-likeness (QED) is 0.377. The van der Waals surface area contributed by atoms with Gasteiger partial charge < -0.3 is 10.6 Å². The van der Waals surface area contributed by atoms with Gasteiger partial charge in [0.25, 0.3) is 0 Å². The Labute approximate surface area is 169 Å². The van der Waals surface area contributed by atoms with E-state index in [1.54, 1.807) is 43.3 Å². The third-order valence-corrected chi connectivity index (χ3v) is 4.68. The molecule has 0 aliphatic carbocycles. The Morgan fingerprint density at radius 3 is 2.30 bits per heavy atom. The minimum atomic E-state index is -0.580. The summed E-state index contributed by atoms with van der Waals surface area (Å²) in [6.07, 6.45) is 1.20. The monoisotopic (exact) mass is 423 g/mol. The van der Waals surface area contributed by atoms with E-state index >= 15 is 0 Å². The van der Waals surface area contributed by atoms with Gasteiger partial charge in [-0.3, -0.25) is 10.1 Å². The molecule has 2 aromatic carbocycles. The van der Waals surface area contributed by atoms with Gasteiger partial charge in [0.1, 0.15) is 6.33 Å². The zero-order valence-corrected chi connectivity index (χ0v) is 16.1. The van der Waals surface area contributed by atoms with Gasteiger partial charge in [-0.1, -0.05) is 40.9 Å². The average molecular weight is 425 g/mol. The smallest absolute Gasteiger partial charge is 0.334 e. The van der Waals surface area contributed by atoms with E-state index in [9.17, 15) is 10.1 Å². The van der Waals surface area contributed by atoms with Gasteiger partial charge in [0.2, 0.25) is 11.6 Å². The zero-order valence-electron chi connectivity index (χ0n) is 13.8. The van der Waals surface area contributed by atoms with Gasteiger partial charge in [-0.05, 0) is 42.8 Å². The number of hydrogen-bond donors (Lipinski definition) is 2. The second-order valence-electron chi connectivity index (χ2n) is 5.46. The maximum Gasteiger partial charge on any atom is 0.353 e. The summed E-state index contributed by atoms with van der Waals surface area (Å²) in [6, 6.07) is 9.93. The van der Waals surface area contributed by atoms with Crippen LogP contribution in [0.2, 0.25) is 15.1 Å². The molecule has 138 valence electrons. The fraction of sp³-hybridized carbons (Fsp3) is 0.0588. The number of nitro groups is 1. The van der Waals surface area contributed by atoms with Crippen LogP contribution in [-0.2, 0) is 0 Å². The largest absolute Gasteiger partial charge is 0.353 e. The molecule has 2 N–H and O–H groups in total. The first-order chi connectivity index (χ1) is 12.9. The molecule has 7 nitrogen and oxygen atoms in total. The van der Waals surface area contributed by atoms with Gasteiger partial charge in [-0.15, -0.1) is 0 Å². The summed E-state index contributed by atoms with van der Waals surface area (Å²) in [6.45, 7) is 1.79. The summed E-state index contributed by atoms with van der Waals surface area (Å²) in [7, 11) is 0. The number of aromatic nitrogens is 2. The fourth-order valence-electron chi connectivity index (χ4n) is 2.33. The highest BCUT2D eigenvalue weighted by Crippen LogP contribution is 2.36. The number of halogens is 3. The van der Waals surface area contributed by atoms with E-state index in [1.165, 1.54) is 6.33 Å². The first-order valence-corrected chi connectivity index (χ1v) is 8.74. The lowest BCUT2D eigenvalue weighted by molar-refractivity contribution is -0.383. The number of benzene rings is 2. The van der Waals surface area contributed by atoms with Crippen molar-refractivity contribution in [3.8, 4) is 0 Å². The summed E-state index contributed by atoms with van der Waals surface area (Å²) in [5.74, 6) is -0.0117. The summed E-state index contributed by atoms with van der Waals surface area (Å²) >= 11 is 18.2. The van der Waals surface area contributed by atoms with Crippen LogP contribution >= 0.6 is 34.8 Å². The molecular formula is C17H12Cl3N5O2. The molecule has 0 unspecified atom stereocenters. The predicted octanol–water partition coefficient (Wildman–Crippen LogP) is 6.14. The number of rotatable bonds is 5. The second-order valence-corrected chi connectivity index (χ2v) is 6.71. The van der Waals surface area contributed by atoms with E-state index in [4.69, 9.17) is 34.8 Å². The van der Waals surface area contributed by atoms with Crippen LogP contribution in [0.4, 0.5) is 28.7 Å².